The van der Waals surface area contributed by atoms with E-state index in [4.69, 9.17) is 9.47 Å². The number of hydrogen-bond donors (Lipinski definition) is 0. The van der Waals surface area contributed by atoms with Crippen molar-refractivity contribution in [3.63, 3.8) is 0 Å². The zero-order chi connectivity index (χ0) is 25.8. The number of allylic oxidation sites excluding steroid dienone is 1. The second-order valence-electron chi connectivity index (χ2n) is 8.76. The minimum atomic E-state index is -0.629. The number of fused-ring (bicyclic) bond motifs is 1. The maximum absolute atomic E-state index is 13.8. The first-order chi connectivity index (χ1) is 17.3. The van der Waals surface area contributed by atoms with Gasteiger partial charge in [-0.2, -0.15) is 0 Å². The number of hydrogen-bond acceptors (Lipinski definition) is 6. The zero-order valence-corrected chi connectivity index (χ0v) is 21.8. The Morgan fingerprint density at radius 1 is 1.19 bits per heavy atom. The van der Waals surface area contributed by atoms with E-state index in [-0.39, 0.29) is 12.2 Å². The highest BCUT2D eigenvalue weighted by atomic mass is 32.1. The molecule has 0 N–H and O–H groups in total. The maximum atomic E-state index is 13.8. The van der Waals surface area contributed by atoms with E-state index in [0.717, 1.165) is 11.1 Å². The maximum Gasteiger partial charge on any atom is 0.338 e. The minimum absolute atomic E-state index is 0.218. The summed E-state index contributed by atoms with van der Waals surface area (Å²) in [5.74, 6) is 0.563. The Morgan fingerprint density at radius 3 is 2.58 bits per heavy atom. The summed E-state index contributed by atoms with van der Waals surface area (Å²) in [4.78, 5) is 32.0. The van der Waals surface area contributed by atoms with Gasteiger partial charge in [0.2, 0.25) is 0 Å². The second kappa shape index (κ2) is 10.9. The van der Waals surface area contributed by atoms with E-state index in [1.807, 2.05) is 54.6 Å². The molecule has 0 amide bonds. The molecule has 2 heterocycles. The monoisotopic (exact) mass is 502 g/mol. The van der Waals surface area contributed by atoms with Gasteiger partial charge < -0.3 is 9.47 Å². The Hall–Kier alpha value is -3.71. The van der Waals surface area contributed by atoms with Gasteiger partial charge in [-0.25, -0.2) is 9.79 Å². The van der Waals surface area contributed by atoms with Gasteiger partial charge in [-0.3, -0.25) is 9.36 Å². The summed E-state index contributed by atoms with van der Waals surface area (Å²) in [6.45, 7) is 12.1. The number of esters is 1. The molecule has 1 aliphatic heterocycles. The fraction of sp³-hybridized carbons (Fsp3) is 0.276. The van der Waals surface area contributed by atoms with Crippen molar-refractivity contribution in [2.24, 2.45) is 4.99 Å². The van der Waals surface area contributed by atoms with E-state index in [2.05, 4.69) is 25.4 Å². The number of ether oxygens (including phenoxy) is 2. The Labute approximate surface area is 214 Å². The van der Waals surface area contributed by atoms with Gasteiger partial charge in [0.15, 0.2) is 4.80 Å². The average molecular weight is 503 g/mol. The van der Waals surface area contributed by atoms with Crippen LogP contribution in [-0.2, 0) is 9.53 Å². The average Bonchev–Trinajstić information content (AvgIpc) is 3.17. The summed E-state index contributed by atoms with van der Waals surface area (Å²) in [6, 6.07) is 14.9. The van der Waals surface area contributed by atoms with E-state index in [0.29, 0.717) is 38.9 Å². The number of thiazole rings is 1. The molecule has 1 atom stereocenters. The van der Waals surface area contributed by atoms with Crippen LogP contribution in [0.5, 0.6) is 5.75 Å². The quantitative estimate of drug-likeness (QED) is 0.336. The van der Waals surface area contributed by atoms with Crippen molar-refractivity contribution in [1.82, 2.24) is 4.57 Å². The van der Waals surface area contributed by atoms with E-state index in [1.165, 1.54) is 16.9 Å². The van der Waals surface area contributed by atoms with Gasteiger partial charge >= 0.3 is 5.97 Å². The highest BCUT2D eigenvalue weighted by molar-refractivity contribution is 7.07. The molecule has 1 aromatic heterocycles. The Morgan fingerprint density at radius 2 is 1.92 bits per heavy atom. The molecular formula is C29H30N2O4S. The number of carbonyl (C=O) groups is 1. The van der Waals surface area contributed by atoms with Crippen molar-refractivity contribution in [2.75, 3.05) is 13.2 Å². The molecule has 2 aromatic carbocycles. The Kier molecular flexibility index (Phi) is 7.70. The van der Waals surface area contributed by atoms with Crippen LogP contribution in [0.2, 0.25) is 0 Å². The van der Waals surface area contributed by atoms with Gasteiger partial charge in [-0.15, -0.1) is 0 Å². The molecule has 3 aromatic rings. The van der Waals surface area contributed by atoms with E-state index >= 15 is 0 Å². The van der Waals surface area contributed by atoms with Crippen LogP contribution in [0.15, 0.2) is 82.2 Å². The standard InChI is InChI=1S/C29H30N2O4S/c1-6-16-35-23-11-9-8-10-22(23)17-24-27(32)31-26(21-14-12-20(13-15-21)18(3)4)25(28(33)34-7-2)19(5)30-29(31)36-24/h6,8-15,17-18,26H,1,7,16H2,2-5H3/b24-17-/t26-/m0/s1. The van der Waals surface area contributed by atoms with Crippen molar-refractivity contribution in [3.05, 3.63) is 109 Å². The van der Waals surface area contributed by atoms with Crippen LogP contribution < -0.4 is 19.6 Å². The lowest BCUT2D eigenvalue weighted by atomic mass is 9.93. The lowest BCUT2D eigenvalue weighted by Crippen LogP contribution is -2.39. The van der Waals surface area contributed by atoms with E-state index in [9.17, 15) is 9.59 Å². The lowest BCUT2D eigenvalue weighted by Gasteiger charge is -2.25. The molecule has 0 spiro atoms. The van der Waals surface area contributed by atoms with Crippen LogP contribution in [0, 0.1) is 0 Å². The van der Waals surface area contributed by atoms with Gasteiger partial charge in [-0.05, 0) is 43.0 Å². The van der Waals surface area contributed by atoms with E-state index in [1.54, 1.807) is 24.5 Å². The number of carbonyl (C=O) groups excluding carboxylic acids is 1. The van der Waals surface area contributed by atoms with Gasteiger partial charge in [0.05, 0.1) is 28.5 Å². The molecule has 36 heavy (non-hydrogen) atoms. The van der Waals surface area contributed by atoms with Crippen molar-refractivity contribution in [3.8, 4) is 5.75 Å². The first-order valence-electron chi connectivity index (χ1n) is 12.0. The predicted molar refractivity (Wildman–Crippen MR) is 143 cm³/mol. The largest absolute Gasteiger partial charge is 0.489 e. The lowest BCUT2D eigenvalue weighted by molar-refractivity contribution is -0.139. The topological polar surface area (TPSA) is 69.9 Å². The Bertz CT molecular complexity index is 1490. The third-order valence-corrected chi connectivity index (χ3v) is 6.98. The molecule has 1 aliphatic rings. The second-order valence-corrected chi connectivity index (χ2v) is 9.77. The van der Waals surface area contributed by atoms with Crippen molar-refractivity contribution in [2.45, 2.75) is 39.7 Å². The van der Waals surface area contributed by atoms with Gasteiger partial charge in [0.1, 0.15) is 12.4 Å². The molecule has 0 radical (unpaired) electrons. The normalized spacial score (nSPS) is 15.5. The summed E-state index contributed by atoms with van der Waals surface area (Å²) in [5.41, 5.74) is 3.50. The molecule has 6 nitrogen and oxygen atoms in total. The first-order valence-corrected chi connectivity index (χ1v) is 12.8. The molecular weight excluding hydrogens is 472 g/mol. The SMILES string of the molecule is C=CCOc1ccccc1/C=c1\sc2n(c1=O)[C@@H](c1ccc(C(C)C)cc1)C(C(=O)OCC)=C(C)N=2. The molecule has 186 valence electrons. The fourth-order valence-corrected chi connectivity index (χ4v) is 5.23. The summed E-state index contributed by atoms with van der Waals surface area (Å²) in [5, 5.41) is 0. The molecule has 0 bridgehead atoms. The number of nitrogens with zero attached hydrogens (tertiary/aromatic N) is 2. The zero-order valence-electron chi connectivity index (χ0n) is 21.0. The third-order valence-electron chi connectivity index (χ3n) is 6.00. The number of para-hydroxylation sites is 1. The van der Waals surface area contributed by atoms with Crippen LogP contribution in [0.4, 0.5) is 0 Å². The molecule has 4 rings (SSSR count). The summed E-state index contributed by atoms with van der Waals surface area (Å²) in [7, 11) is 0. The Balaban J connectivity index is 1.91. The van der Waals surface area contributed by atoms with Crippen LogP contribution in [0.1, 0.15) is 56.3 Å². The smallest absolute Gasteiger partial charge is 0.338 e. The van der Waals surface area contributed by atoms with Crippen LogP contribution in [0.25, 0.3) is 6.08 Å². The molecule has 0 unspecified atom stereocenters. The molecule has 7 heteroatoms. The third kappa shape index (κ3) is 4.97. The molecule has 0 fully saturated rings. The fourth-order valence-electron chi connectivity index (χ4n) is 4.19. The van der Waals surface area contributed by atoms with Crippen molar-refractivity contribution in [1.29, 1.82) is 0 Å². The number of aromatic nitrogens is 1. The van der Waals surface area contributed by atoms with Crippen LogP contribution in [0.3, 0.4) is 0 Å². The first kappa shape index (κ1) is 25.4. The summed E-state index contributed by atoms with van der Waals surface area (Å²) >= 11 is 1.29. The van der Waals surface area contributed by atoms with E-state index < -0.39 is 12.0 Å². The predicted octanol–water partition coefficient (Wildman–Crippen LogP) is 4.49. The van der Waals surface area contributed by atoms with Gasteiger partial charge in [-0.1, -0.05) is 80.3 Å². The minimum Gasteiger partial charge on any atom is -0.489 e. The van der Waals surface area contributed by atoms with Crippen LogP contribution >= 0.6 is 11.3 Å². The molecule has 0 saturated heterocycles. The van der Waals surface area contributed by atoms with Crippen molar-refractivity contribution < 1.29 is 14.3 Å². The highest BCUT2D eigenvalue weighted by Gasteiger charge is 2.33. The molecule has 0 aliphatic carbocycles. The highest BCUT2D eigenvalue weighted by Crippen LogP contribution is 2.31. The number of rotatable bonds is 8. The summed E-state index contributed by atoms with van der Waals surface area (Å²) < 4.78 is 13.3. The van der Waals surface area contributed by atoms with Crippen molar-refractivity contribution >= 4 is 23.4 Å². The van der Waals surface area contributed by atoms with Gasteiger partial charge in [0.25, 0.3) is 5.56 Å². The summed E-state index contributed by atoms with van der Waals surface area (Å²) in [6.07, 6.45) is 3.49. The molecule has 0 saturated carbocycles. The van der Waals surface area contributed by atoms with Gasteiger partial charge in [0, 0.05) is 5.56 Å². The number of benzene rings is 2. The van der Waals surface area contributed by atoms with Crippen LogP contribution in [-0.4, -0.2) is 23.8 Å².